The van der Waals surface area contributed by atoms with Gasteiger partial charge in [0.1, 0.15) is 5.82 Å². The van der Waals surface area contributed by atoms with E-state index in [1.807, 2.05) is 63.5 Å². The van der Waals surface area contributed by atoms with Crippen molar-refractivity contribution in [2.45, 2.75) is 45.2 Å². The largest absolute Gasteiger partial charge is 0.362 e. The molecule has 0 saturated heterocycles. The Bertz CT molecular complexity index is 1260. The van der Waals surface area contributed by atoms with Crippen molar-refractivity contribution in [2.75, 3.05) is 30.9 Å². The van der Waals surface area contributed by atoms with Crippen LogP contribution in [-0.4, -0.2) is 51.6 Å². The third kappa shape index (κ3) is 5.43. The zero-order chi connectivity index (χ0) is 24.2. The molecule has 2 N–H and O–H groups in total. The zero-order valence-corrected chi connectivity index (χ0v) is 20.8. The van der Waals surface area contributed by atoms with E-state index < -0.39 is 0 Å². The number of fused-ring (bicyclic) bond motifs is 1. The number of aryl methyl sites for hydroxylation is 1. The first-order valence-electron chi connectivity index (χ1n) is 12.5. The molecule has 0 amide bonds. The lowest BCUT2D eigenvalue weighted by Crippen LogP contribution is -2.31. The predicted octanol–water partition coefficient (Wildman–Crippen LogP) is 4.35. The van der Waals surface area contributed by atoms with Crippen LogP contribution in [0.4, 0.5) is 11.8 Å². The lowest BCUT2D eigenvalue weighted by molar-refractivity contribution is 0.323. The highest BCUT2D eigenvalue weighted by Crippen LogP contribution is 2.28. The molecule has 1 fully saturated rings. The molecule has 2 aromatic carbocycles. The summed E-state index contributed by atoms with van der Waals surface area (Å²) in [5.74, 6) is 2.36. The molecule has 35 heavy (non-hydrogen) atoms. The number of para-hydroxylation sites is 2. The number of aromatic nitrogens is 5. The molecule has 8 nitrogen and oxygen atoms in total. The fraction of sp³-hybridized carbons (Fsp3) is 0.407. The van der Waals surface area contributed by atoms with Gasteiger partial charge in [0.15, 0.2) is 0 Å². The molecule has 0 unspecified atom stereocenters. The highest BCUT2D eigenvalue weighted by molar-refractivity contribution is 5.90. The maximum Gasteiger partial charge on any atom is 0.225 e. The van der Waals surface area contributed by atoms with E-state index in [2.05, 4.69) is 37.9 Å². The molecule has 182 valence electrons. The Morgan fingerprint density at radius 3 is 2.43 bits per heavy atom. The van der Waals surface area contributed by atoms with Crippen LogP contribution >= 0.6 is 0 Å². The second-order valence-corrected chi connectivity index (χ2v) is 9.63. The molecular formula is C27H34N8. The molecule has 4 aromatic rings. The van der Waals surface area contributed by atoms with Gasteiger partial charge in [-0.15, -0.1) is 0 Å². The Balaban J connectivity index is 1.12. The van der Waals surface area contributed by atoms with Gasteiger partial charge in [0, 0.05) is 32.1 Å². The molecule has 1 aliphatic carbocycles. The molecule has 0 aliphatic heterocycles. The number of hydrogen-bond donors (Lipinski definition) is 2. The Morgan fingerprint density at radius 1 is 0.914 bits per heavy atom. The monoisotopic (exact) mass is 470 g/mol. The molecule has 2 aromatic heterocycles. The van der Waals surface area contributed by atoms with Crippen molar-refractivity contribution in [2.24, 2.45) is 5.92 Å². The van der Waals surface area contributed by atoms with E-state index in [0.29, 0.717) is 12.0 Å². The highest BCUT2D eigenvalue weighted by Gasteiger charge is 2.22. The van der Waals surface area contributed by atoms with Crippen LogP contribution in [0.1, 0.15) is 37.1 Å². The van der Waals surface area contributed by atoms with E-state index in [4.69, 9.17) is 9.97 Å². The Hall–Kier alpha value is -3.52. The predicted molar refractivity (Wildman–Crippen MR) is 141 cm³/mol. The van der Waals surface area contributed by atoms with Gasteiger partial charge in [-0.25, -0.2) is 4.98 Å². The van der Waals surface area contributed by atoms with Crippen LogP contribution in [0.5, 0.6) is 0 Å². The minimum Gasteiger partial charge on any atom is -0.362 e. The normalized spacial score (nSPS) is 18.0. The Morgan fingerprint density at radius 2 is 1.66 bits per heavy atom. The van der Waals surface area contributed by atoms with Crippen molar-refractivity contribution in [3.05, 3.63) is 66.0 Å². The van der Waals surface area contributed by atoms with Crippen LogP contribution in [0.3, 0.4) is 0 Å². The topological polar surface area (TPSA) is 83.8 Å². The molecule has 5 rings (SSSR count). The SMILES string of the molecule is Cc1nn(-c2ccccc2)nc1CNC[C@H]1CC[C@@H](Nc2nc(N(C)C)c3ccccc3n2)CC1. The van der Waals surface area contributed by atoms with Crippen LogP contribution in [0.15, 0.2) is 54.6 Å². The second-order valence-electron chi connectivity index (χ2n) is 9.63. The third-order valence-corrected chi connectivity index (χ3v) is 6.78. The van der Waals surface area contributed by atoms with E-state index in [0.717, 1.165) is 65.7 Å². The number of nitrogens with zero attached hydrogens (tertiary/aromatic N) is 6. The third-order valence-electron chi connectivity index (χ3n) is 6.78. The van der Waals surface area contributed by atoms with E-state index in [1.54, 1.807) is 4.80 Å². The van der Waals surface area contributed by atoms with Gasteiger partial charge in [-0.2, -0.15) is 20.0 Å². The first kappa shape index (κ1) is 23.2. The van der Waals surface area contributed by atoms with Gasteiger partial charge in [0.05, 0.1) is 22.6 Å². The summed E-state index contributed by atoms with van der Waals surface area (Å²) in [5, 5.41) is 17.6. The van der Waals surface area contributed by atoms with Crippen molar-refractivity contribution in [3.63, 3.8) is 0 Å². The number of anilines is 2. The summed E-state index contributed by atoms with van der Waals surface area (Å²) < 4.78 is 0. The Labute approximate surface area is 206 Å². The fourth-order valence-electron chi connectivity index (χ4n) is 4.80. The van der Waals surface area contributed by atoms with Gasteiger partial charge in [0.25, 0.3) is 0 Å². The molecule has 0 spiro atoms. The summed E-state index contributed by atoms with van der Waals surface area (Å²) in [6.07, 6.45) is 4.63. The van der Waals surface area contributed by atoms with E-state index >= 15 is 0 Å². The number of hydrogen-bond acceptors (Lipinski definition) is 7. The molecule has 2 heterocycles. The molecule has 0 atom stereocenters. The summed E-state index contributed by atoms with van der Waals surface area (Å²) in [4.78, 5) is 13.4. The van der Waals surface area contributed by atoms with Crippen molar-refractivity contribution >= 4 is 22.7 Å². The maximum absolute atomic E-state index is 4.81. The minimum absolute atomic E-state index is 0.412. The van der Waals surface area contributed by atoms with Crippen LogP contribution in [0.2, 0.25) is 0 Å². The fourth-order valence-corrected chi connectivity index (χ4v) is 4.80. The van der Waals surface area contributed by atoms with Crippen LogP contribution in [0, 0.1) is 12.8 Å². The highest BCUT2D eigenvalue weighted by atomic mass is 15.5. The van der Waals surface area contributed by atoms with Crippen LogP contribution in [-0.2, 0) is 6.54 Å². The zero-order valence-electron chi connectivity index (χ0n) is 20.8. The standard InChI is InChI=1S/C27H34N8/c1-19-25(33-35(32-19)22-9-5-4-6-10-22)18-28-17-20-13-15-21(16-14-20)29-27-30-24-12-8-7-11-23(24)26(31-27)34(2)3/h4-12,20-21,28H,13-18H2,1-3H3,(H,29,30,31)/t20-,21+. The van der Waals surface area contributed by atoms with E-state index in [1.165, 1.54) is 12.8 Å². The van der Waals surface area contributed by atoms with Gasteiger partial charge in [-0.1, -0.05) is 30.3 Å². The number of rotatable bonds is 8. The van der Waals surface area contributed by atoms with Crippen LogP contribution in [0.25, 0.3) is 16.6 Å². The lowest BCUT2D eigenvalue weighted by Gasteiger charge is -2.29. The average molecular weight is 471 g/mol. The number of benzene rings is 2. The quantitative estimate of drug-likeness (QED) is 0.396. The molecule has 8 heteroatoms. The van der Waals surface area contributed by atoms with Gasteiger partial charge >= 0.3 is 0 Å². The molecule has 1 aliphatic rings. The first-order valence-corrected chi connectivity index (χ1v) is 12.5. The molecule has 0 radical (unpaired) electrons. The molecule has 1 saturated carbocycles. The van der Waals surface area contributed by atoms with Crippen molar-refractivity contribution in [1.82, 2.24) is 30.3 Å². The van der Waals surface area contributed by atoms with Gasteiger partial charge in [-0.3, -0.25) is 0 Å². The lowest BCUT2D eigenvalue weighted by atomic mass is 9.86. The van der Waals surface area contributed by atoms with Crippen LogP contribution < -0.4 is 15.5 Å². The second kappa shape index (κ2) is 10.4. The minimum atomic E-state index is 0.412. The molecular weight excluding hydrogens is 436 g/mol. The smallest absolute Gasteiger partial charge is 0.225 e. The van der Waals surface area contributed by atoms with E-state index in [9.17, 15) is 0 Å². The van der Waals surface area contributed by atoms with Crippen molar-refractivity contribution in [3.8, 4) is 5.69 Å². The van der Waals surface area contributed by atoms with Crippen molar-refractivity contribution in [1.29, 1.82) is 0 Å². The van der Waals surface area contributed by atoms with Gasteiger partial charge < -0.3 is 15.5 Å². The summed E-state index contributed by atoms with van der Waals surface area (Å²) in [6, 6.07) is 18.7. The summed E-state index contributed by atoms with van der Waals surface area (Å²) in [6.45, 7) is 3.77. The average Bonchev–Trinajstić information content (AvgIpc) is 3.25. The first-order chi connectivity index (χ1) is 17.1. The van der Waals surface area contributed by atoms with Gasteiger partial charge in [-0.05, 0) is 69.3 Å². The Kier molecular flexibility index (Phi) is 6.90. The summed E-state index contributed by atoms with van der Waals surface area (Å²) in [7, 11) is 4.06. The van der Waals surface area contributed by atoms with Gasteiger partial charge in [0.2, 0.25) is 5.95 Å². The van der Waals surface area contributed by atoms with E-state index in [-0.39, 0.29) is 0 Å². The maximum atomic E-state index is 4.81. The van der Waals surface area contributed by atoms with Crippen molar-refractivity contribution < 1.29 is 0 Å². The number of nitrogens with one attached hydrogen (secondary N) is 2. The molecule has 0 bridgehead atoms. The summed E-state index contributed by atoms with van der Waals surface area (Å²) in [5.41, 5.74) is 3.95. The summed E-state index contributed by atoms with van der Waals surface area (Å²) >= 11 is 0.